The fourth-order valence-corrected chi connectivity index (χ4v) is 1.79. The first kappa shape index (κ1) is 12.3. The van der Waals surface area contributed by atoms with E-state index in [2.05, 4.69) is 23.8 Å². The number of imidazole rings is 1. The molecule has 0 saturated carbocycles. The molecule has 0 radical (unpaired) electrons. The zero-order valence-corrected chi connectivity index (χ0v) is 10.2. The summed E-state index contributed by atoms with van der Waals surface area (Å²) in [5, 5.41) is 0. The predicted octanol–water partition coefficient (Wildman–Crippen LogP) is 3.88. The molecule has 1 aromatic rings. The standard InChI is InChI=1S/C13H24N2/c1-3-5-6-7-8-9-10-13-14-11-12(4-2)15-13/h11H,3-10H2,1-2H3,(H,14,15). The molecule has 0 amide bonds. The number of nitrogens with zero attached hydrogens (tertiary/aromatic N) is 1. The zero-order valence-electron chi connectivity index (χ0n) is 10.2. The quantitative estimate of drug-likeness (QED) is 0.645. The van der Waals surface area contributed by atoms with Crippen molar-refractivity contribution in [1.29, 1.82) is 0 Å². The third kappa shape index (κ3) is 5.01. The minimum absolute atomic E-state index is 1.06. The van der Waals surface area contributed by atoms with Crippen LogP contribution in [0.2, 0.25) is 0 Å². The molecule has 0 fully saturated rings. The molecule has 15 heavy (non-hydrogen) atoms. The molecule has 0 aliphatic rings. The van der Waals surface area contributed by atoms with Gasteiger partial charge in [-0.2, -0.15) is 0 Å². The number of hydrogen-bond acceptors (Lipinski definition) is 1. The van der Waals surface area contributed by atoms with E-state index in [1.165, 1.54) is 50.0 Å². The molecule has 0 aliphatic carbocycles. The fourth-order valence-electron chi connectivity index (χ4n) is 1.79. The van der Waals surface area contributed by atoms with Gasteiger partial charge in [0.2, 0.25) is 0 Å². The lowest BCUT2D eigenvalue weighted by Crippen LogP contribution is -1.89. The predicted molar refractivity (Wildman–Crippen MR) is 65.0 cm³/mol. The molecule has 86 valence electrons. The molecule has 1 heterocycles. The number of H-pyrrole nitrogens is 1. The van der Waals surface area contributed by atoms with Crippen molar-refractivity contribution in [2.75, 3.05) is 0 Å². The van der Waals surface area contributed by atoms with E-state index in [1.807, 2.05) is 6.20 Å². The van der Waals surface area contributed by atoms with Crippen molar-refractivity contribution in [2.45, 2.75) is 65.2 Å². The van der Waals surface area contributed by atoms with Crippen molar-refractivity contribution in [3.8, 4) is 0 Å². The third-order valence-corrected chi connectivity index (χ3v) is 2.83. The second-order valence-corrected chi connectivity index (χ2v) is 4.23. The summed E-state index contributed by atoms with van der Waals surface area (Å²) in [5.74, 6) is 1.17. The van der Waals surface area contributed by atoms with Gasteiger partial charge in [0.1, 0.15) is 5.82 Å². The third-order valence-electron chi connectivity index (χ3n) is 2.83. The van der Waals surface area contributed by atoms with Gasteiger partial charge in [-0.05, 0) is 12.8 Å². The first-order valence-corrected chi connectivity index (χ1v) is 6.39. The summed E-state index contributed by atoms with van der Waals surface area (Å²) in [5.41, 5.74) is 1.26. The summed E-state index contributed by atoms with van der Waals surface area (Å²) >= 11 is 0. The van der Waals surface area contributed by atoms with Crippen LogP contribution in [0.3, 0.4) is 0 Å². The maximum Gasteiger partial charge on any atom is 0.106 e. The minimum Gasteiger partial charge on any atom is -0.346 e. The Morgan fingerprint density at radius 3 is 2.47 bits per heavy atom. The van der Waals surface area contributed by atoms with Gasteiger partial charge in [0, 0.05) is 18.3 Å². The van der Waals surface area contributed by atoms with Gasteiger partial charge in [0.25, 0.3) is 0 Å². The summed E-state index contributed by atoms with van der Waals surface area (Å²) in [6, 6.07) is 0. The largest absolute Gasteiger partial charge is 0.346 e. The monoisotopic (exact) mass is 208 g/mol. The van der Waals surface area contributed by atoms with Crippen molar-refractivity contribution >= 4 is 0 Å². The van der Waals surface area contributed by atoms with E-state index in [4.69, 9.17) is 0 Å². The first-order valence-electron chi connectivity index (χ1n) is 6.39. The summed E-state index contributed by atoms with van der Waals surface area (Å²) in [6.45, 7) is 4.41. The smallest absolute Gasteiger partial charge is 0.106 e. The number of nitrogens with one attached hydrogen (secondary N) is 1. The van der Waals surface area contributed by atoms with Crippen molar-refractivity contribution in [3.05, 3.63) is 17.7 Å². The fraction of sp³-hybridized carbons (Fsp3) is 0.769. The number of aryl methyl sites for hydroxylation is 2. The second kappa shape index (κ2) is 7.49. The maximum atomic E-state index is 4.37. The van der Waals surface area contributed by atoms with Gasteiger partial charge in [0.15, 0.2) is 0 Å². The number of unbranched alkanes of at least 4 members (excludes halogenated alkanes) is 5. The maximum absolute atomic E-state index is 4.37. The van der Waals surface area contributed by atoms with E-state index in [0.717, 1.165) is 12.8 Å². The molecule has 0 aromatic carbocycles. The van der Waals surface area contributed by atoms with Crippen LogP contribution in [0.5, 0.6) is 0 Å². The normalized spacial score (nSPS) is 10.8. The first-order chi connectivity index (χ1) is 7.36. The van der Waals surface area contributed by atoms with Crippen LogP contribution >= 0.6 is 0 Å². The Kier molecular flexibility index (Phi) is 6.14. The SMILES string of the molecule is CCCCCCCCc1ncc(CC)[nH]1. The van der Waals surface area contributed by atoms with Crippen LogP contribution in [-0.4, -0.2) is 9.97 Å². The lowest BCUT2D eigenvalue weighted by Gasteiger charge is -1.99. The molecular weight excluding hydrogens is 184 g/mol. The zero-order chi connectivity index (χ0) is 10.9. The highest BCUT2D eigenvalue weighted by Crippen LogP contribution is 2.08. The number of aromatic nitrogens is 2. The van der Waals surface area contributed by atoms with Crippen LogP contribution in [0.15, 0.2) is 6.20 Å². The van der Waals surface area contributed by atoms with Crippen LogP contribution in [-0.2, 0) is 12.8 Å². The molecule has 2 heteroatoms. The van der Waals surface area contributed by atoms with E-state index in [9.17, 15) is 0 Å². The van der Waals surface area contributed by atoms with E-state index < -0.39 is 0 Å². The molecule has 0 saturated heterocycles. The molecule has 1 aromatic heterocycles. The summed E-state index contributed by atoms with van der Waals surface area (Å²) < 4.78 is 0. The van der Waals surface area contributed by atoms with Gasteiger partial charge >= 0.3 is 0 Å². The molecule has 0 aliphatic heterocycles. The Morgan fingerprint density at radius 2 is 1.80 bits per heavy atom. The average Bonchev–Trinajstić information content (AvgIpc) is 2.71. The Morgan fingerprint density at radius 1 is 1.07 bits per heavy atom. The second-order valence-electron chi connectivity index (χ2n) is 4.23. The minimum atomic E-state index is 1.06. The highest BCUT2D eigenvalue weighted by Gasteiger charge is 1.98. The Labute approximate surface area is 93.5 Å². The molecule has 0 bridgehead atoms. The Bertz CT molecular complexity index is 253. The van der Waals surface area contributed by atoms with Crippen LogP contribution < -0.4 is 0 Å². The number of rotatable bonds is 8. The molecule has 2 nitrogen and oxygen atoms in total. The van der Waals surface area contributed by atoms with Gasteiger partial charge in [-0.1, -0.05) is 46.0 Å². The number of aromatic amines is 1. The van der Waals surface area contributed by atoms with E-state index in [1.54, 1.807) is 0 Å². The van der Waals surface area contributed by atoms with Crippen molar-refractivity contribution in [3.63, 3.8) is 0 Å². The number of hydrogen-bond donors (Lipinski definition) is 1. The molecule has 0 atom stereocenters. The van der Waals surface area contributed by atoms with Gasteiger partial charge < -0.3 is 4.98 Å². The van der Waals surface area contributed by atoms with E-state index in [0.29, 0.717) is 0 Å². The highest BCUT2D eigenvalue weighted by molar-refractivity contribution is 5.00. The van der Waals surface area contributed by atoms with E-state index in [-0.39, 0.29) is 0 Å². The van der Waals surface area contributed by atoms with Crippen molar-refractivity contribution in [1.82, 2.24) is 9.97 Å². The van der Waals surface area contributed by atoms with Gasteiger partial charge in [-0.25, -0.2) is 4.98 Å². The van der Waals surface area contributed by atoms with Gasteiger partial charge in [-0.15, -0.1) is 0 Å². The molecule has 0 unspecified atom stereocenters. The summed E-state index contributed by atoms with van der Waals surface area (Å²) in [6.07, 6.45) is 12.3. The summed E-state index contributed by atoms with van der Waals surface area (Å²) in [7, 11) is 0. The molecule has 1 N–H and O–H groups in total. The lowest BCUT2D eigenvalue weighted by molar-refractivity contribution is 0.602. The van der Waals surface area contributed by atoms with Gasteiger partial charge in [0.05, 0.1) is 0 Å². The van der Waals surface area contributed by atoms with E-state index >= 15 is 0 Å². The van der Waals surface area contributed by atoms with Crippen LogP contribution in [0.4, 0.5) is 0 Å². The Balaban J connectivity index is 2.04. The topological polar surface area (TPSA) is 28.7 Å². The average molecular weight is 208 g/mol. The van der Waals surface area contributed by atoms with Crippen molar-refractivity contribution < 1.29 is 0 Å². The van der Waals surface area contributed by atoms with Gasteiger partial charge in [-0.3, -0.25) is 0 Å². The van der Waals surface area contributed by atoms with Crippen molar-refractivity contribution in [2.24, 2.45) is 0 Å². The van der Waals surface area contributed by atoms with Crippen LogP contribution in [0.1, 0.15) is 63.9 Å². The summed E-state index contributed by atoms with van der Waals surface area (Å²) in [4.78, 5) is 7.72. The highest BCUT2D eigenvalue weighted by atomic mass is 14.9. The molecule has 0 spiro atoms. The molecule has 1 rings (SSSR count). The lowest BCUT2D eigenvalue weighted by atomic mass is 10.1. The van der Waals surface area contributed by atoms with Crippen LogP contribution in [0.25, 0.3) is 0 Å². The van der Waals surface area contributed by atoms with Crippen LogP contribution in [0, 0.1) is 0 Å². The molecular formula is C13H24N2. The Hall–Kier alpha value is -0.790.